The van der Waals surface area contributed by atoms with Gasteiger partial charge in [-0.15, -0.1) is 0 Å². The van der Waals surface area contributed by atoms with Crippen molar-refractivity contribution in [3.63, 3.8) is 0 Å². The summed E-state index contributed by atoms with van der Waals surface area (Å²) in [6.45, 7) is 4.55. The summed E-state index contributed by atoms with van der Waals surface area (Å²) in [5.74, 6) is 0.482. The fraction of sp³-hybridized carbons (Fsp3) is 0.217. The van der Waals surface area contributed by atoms with E-state index >= 15 is 0 Å². The van der Waals surface area contributed by atoms with Crippen LogP contribution in [0.1, 0.15) is 22.5 Å². The van der Waals surface area contributed by atoms with E-state index in [0.29, 0.717) is 0 Å². The Bertz CT molecular complexity index is 1170. The third kappa shape index (κ3) is 3.71. The van der Waals surface area contributed by atoms with Crippen molar-refractivity contribution in [2.75, 3.05) is 6.54 Å². The molecule has 0 saturated heterocycles. The highest BCUT2D eigenvalue weighted by molar-refractivity contribution is 5.53. The van der Waals surface area contributed by atoms with E-state index in [-0.39, 0.29) is 5.82 Å². The van der Waals surface area contributed by atoms with Gasteiger partial charge in [-0.2, -0.15) is 5.10 Å². The fourth-order valence-corrected chi connectivity index (χ4v) is 3.76. The van der Waals surface area contributed by atoms with Crippen molar-refractivity contribution in [2.24, 2.45) is 0 Å². The highest BCUT2D eigenvalue weighted by atomic mass is 19.1. The zero-order chi connectivity index (χ0) is 20.5. The molecule has 0 radical (unpaired) electrons. The van der Waals surface area contributed by atoms with Crippen LogP contribution in [0.5, 0.6) is 0 Å². The van der Waals surface area contributed by atoms with Crippen molar-refractivity contribution in [2.45, 2.75) is 26.4 Å². The van der Waals surface area contributed by atoms with E-state index in [1.807, 2.05) is 36.1 Å². The van der Waals surface area contributed by atoms with Crippen molar-refractivity contribution in [3.8, 4) is 17.1 Å². The normalized spacial score (nSPS) is 13.9. The molecule has 7 heteroatoms. The van der Waals surface area contributed by atoms with Crippen molar-refractivity contribution in [1.29, 1.82) is 0 Å². The molecule has 1 aliphatic rings. The van der Waals surface area contributed by atoms with Gasteiger partial charge < -0.3 is 0 Å². The van der Waals surface area contributed by atoms with Crippen LogP contribution in [0.4, 0.5) is 4.39 Å². The van der Waals surface area contributed by atoms with Gasteiger partial charge in [0.15, 0.2) is 5.82 Å². The standard InChI is InChI=1S/C23H21FN6/c1-16-19(15-30(28-16)21-6-4-20(24)5-7-21)14-29-10-8-22-18(13-29)12-26-23(27-22)17-3-2-9-25-11-17/h2-7,9,11-12,15H,8,10,13-14H2,1H3. The minimum absolute atomic E-state index is 0.247. The number of pyridine rings is 1. The summed E-state index contributed by atoms with van der Waals surface area (Å²) in [7, 11) is 0. The maximum atomic E-state index is 13.2. The molecular formula is C23H21FN6. The van der Waals surface area contributed by atoms with Crippen LogP contribution >= 0.6 is 0 Å². The number of halogens is 1. The number of aryl methyl sites for hydroxylation is 1. The maximum absolute atomic E-state index is 13.2. The Morgan fingerprint density at radius 3 is 2.77 bits per heavy atom. The van der Waals surface area contributed by atoms with Crippen LogP contribution in [0, 0.1) is 12.7 Å². The van der Waals surface area contributed by atoms with E-state index in [1.54, 1.807) is 24.5 Å². The Hall–Kier alpha value is -3.45. The predicted molar refractivity (Wildman–Crippen MR) is 111 cm³/mol. The number of nitrogens with zero attached hydrogens (tertiary/aromatic N) is 6. The van der Waals surface area contributed by atoms with Crippen LogP contribution < -0.4 is 0 Å². The minimum atomic E-state index is -0.247. The second-order valence-electron chi connectivity index (χ2n) is 7.53. The van der Waals surface area contributed by atoms with Crippen molar-refractivity contribution < 1.29 is 4.39 Å². The molecule has 0 saturated carbocycles. The Morgan fingerprint density at radius 2 is 1.97 bits per heavy atom. The molecule has 0 fully saturated rings. The molecule has 0 N–H and O–H groups in total. The Labute approximate surface area is 174 Å². The van der Waals surface area contributed by atoms with Gasteiger partial charge in [-0.1, -0.05) is 0 Å². The van der Waals surface area contributed by atoms with Crippen molar-refractivity contribution in [3.05, 3.63) is 89.5 Å². The molecule has 0 amide bonds. The summed E-state index contributed by atoms with van der Waals surface area (Å²) in [5.41, 5.74) is 6.21. The van der Waals surface area contributed by atoms with Crippen LogP contribution in [0.15, 0.2) is 61.2 Å². The number of hydrogen-bond acceptors (Lipinski definition) is 5. The molecule has 5 rings (SSSR count). The number of hydrogen-bond donors (Lipinski definition) is 0. The topological polar surface area (TPSA) is 59.7 Å². The zero-order valence-corrected chi connectivity index (χ0v) is 16.7. The Balaban J connectivity index is 1.32. The Kier molecular flexibility index (Phi) is 4.80. The van der Waals surface area contributed by atoms with Gasteiger partial charge in [-0.3, -0.25) is 9.88 Å². The summed E-state index contributed by atoms with van der Waals surface area (Å²) in [4.78, 5) is 15.9. The molecule has 3 aromatic heterocycles. The quantitative estimate of drug-likeness (QED) is 0.522. The SMILES string of the molecule is Cc1nn(-c2ccc(F)cc2)cc1CN1CCc2nc(-c3cccnc3)ncc2C1. The third-order valence-electron chi connectivity index (χ3n) is 5.42. The molecule has 6 nitrogen and oxygen atoms in total. The summed E-state index contributed by atoms with van der Waals surface area (Å²) >= 11 is 0. The lowest BCUT2D eigenvalue weighted by atomic mass is 10.1. The maximum Gasteiger partial charge on any atom is 0.160 e. The monoisotopic (exact) mass is 400 g/mol. The van der Waals surface area contributed by atoms with E-state index in [9.17, 15) is 4.39 Å². The van der Waals surface area contributed by atoms with Gasteiger partial charge in [0.25, 0.3) is 0 Å². The highest BCUT2D eigenvalue weighted by Gasteiger charge is 2.20. The average Bonchev–Trinajstić information content (AvgIpc) is 3.14. The number of fused-ring (bicyclic) bond motifs is 1. The van der Waals surface area contributed by atoms with Gasteiger partial charge in [0.2, 0.25) is 0 Å². The summed E-state index contributed by atoms with van der Waals surface area (Å²) < 4.78 is 15.0. The average molecular weight is 400 g/mol. The van der Waals surface area contributed by atoms with Crippen LogP contribution in [0.25, 0.3) is 17.1 Å². The van der Waals surface area contributed by atoms with E-state index in [2.05, 4.69) is 20.0 Å². The van der Waals surface area contributed by atoms with Crippen LogP contribution in [-0.2, 0) is 19.5 Å². The van der Waals surface area contributed by atoms with Crippen molar-refractivity contribution in [1.82, 2.24) is 29.6 Å². The lowest BCUT2D eigenvalue weighted by Gasteiger charge is -2.27. The van der Waals surface area contributed by atoms with E-state index in [4.69, 9.17) is 4.98 Å². The lowest BCUT2D eigenvalue weighted by molar-refractivity contribution is 0.242. The first kappa shape index (κ1) is 18.6. The van der Waals surface area contributed by atoms with E-state index in [0.717, 1.165) is 65.6 Å². The second-order valence-corrected chi connectivity index (χ2v) is 7.53. The zero-order valence-electron chi connectivity index (χ0n) is 16.7. The first-order chi connectivity index (χ1) is 14.7. The fourth-order valence-electron chi connectivity index (χ4n) is 3.76. The molecule has 0 atom stereocenters. The summed E-state index contributed by atoms with van der Waals surface area (Å²) in [6, 6.07) is 10.3. The molecule has 0 aliphatic carbocycles. The van der Waals surface area contributed by atoms with Gasteiger partial charge in [0, 0.05) is 67.5 Å². The Morgan fingerprint density at radius 1 is 1.10 bits per heavy atom. The molecule has 4 aromatic rings. The molecular weight excluding hydrogens is 379 g/mol. The summed E-state index contributed by atoms with van der Waals surface area (Å²) in [6.07, 6.45) is 8.39. The van der Waals surface area contributed by atoms with Gasteiger partial charge in [-0.25, -0.2) is 19.0 Å². The van der Waals surface area contributed by atoms with Crippen LogP contribution in [-0.4, -0.2) is 36.2 Å². The largest absolute Gasteiger partial charge is 0.294 e. The molecule has 0 bridgehead atoms. The molecule has 1 aliphatic heterocycles. The molecule has 30 heavy (non-hydrogen) atoms. The van der Waals surface area contributed by atoms with Crippen LogP contribution in [0.2, 0.25) is 0 Å². The van der Waals surface area contributed by atoms with Crippen LogP contribution in [0.3, 0.4) is 0 Å². The smallest absolute Gasteiger partial charge is 0.160 e. The molecule has 150 valence electrons. The van der Waals surface area contributed by atoms with Gasteiger partial charge in [0.1, 0.15) is 5.82 Å². The first-order valence-electron chi connectivity index (χ1n) is 9.94. The second kappa shape index (κ2) is 7.76. The lowest BCUT2D eigenvalue weighted by Crippen LogP contribution is -2.31. The summed E-state index contributed by atoms with van der Waals surface area (Å²) in [5, 5.41) is 4.60. The third-order valence-corrected chi connectivity index (χ3v) is 5.42. The number of benzene rings is 1. The first-order valence-corrected chi connectivity index (χ1v) is 9.94. The van der Waals surface area contributed by atoms with E-state index in [1.165, 1.54) is 12.1 Å². The molecule has 0 unspecified atom stereocenters. The molecule has 4 heterocycles. The molecule has 0 spiro atoms. The van der Waals surface area contributed by atoms with Crippen molar-refractivity contribution >= 4 is 0 Å². The minimum Gasteiger partial charge on any atom is -0.294 e. The molecule has 1 aromatic carbocycles. The number of aromatic nitrogens is 5. The predicted octanol–water partition coefficient (Wildman–Crippen LogP) is 3.73. The van der Waals surface area contributed by atoms with E-state index < -0.39 is 0 Å². The van der Waals surface area contributed by atoms with Gasteiger partial charge in [0.05, 0.1) is 17.1 Å². The van der Waals surface area contributed by atoms with Gasteiger partial charge in [-0.05, 0) is 43.3 Å². The van der Waals surface area contributed by atoms with Gasteiger partial charge >= 0.3 is 0 Å². The number of rotatable bonds is 4. The highest BCUT2D eigenvalue weighted by Crippen LogP contribution is 2.23.